The van der Waals surface area contributed by atoms with E-state index in [1.807, 2.05) is 110 Å². The van der Waals surface area contributed by atoms with Gasteiger partial charge in [0.25, 0.3) is 0 Å². The van der Waals surface area contributed by atoms with Crippen molar-refractivity contribution in [2.24, 2.45) is 0 Å². The van der Waals surface area contributed by atoms with Crippen molar-refractivity contribution in [2.45, 2.75) is 14.9 Å². The monoisotopic (exact) mass is 1730 g/mol. The van der Waals surface area contributed by atoms with Crippen molar-refractivity contribution in [3.05, 3.63) is 158 Å². The molecule has 0 saturated carbocycles. The molecule has 9 aromatic heterocycles. The van der Waals surface area contributed by atoms with Crippen molar-refractivity contribution in [2.75, 3.05) is 0 Å². The van der Waals surface area contributed by atoms with Gasteiger partial charge < -0.3 is 0 Å². The summed E-state index contributed by atoms with van der Waals surface area (Å²) in [7, 11) is 0. The Labute approximate surface area is 446 Å². The maximum absolute atomic E-state index is 4.51. The van der Waals surface area contributed by atoms with Gasteiger partial charge >= 0.3 is 50.5 Å². The molecule has 0 aromatic carbocycles. The Morgan fingerprint density at radius 2 is 0.508 bits per heavy atom. The molecular weight excluding hydrogens is 1700 g/mol. The zero-order valence-corrected chi connectivity index (χ0v) is 46.8. The Morgan fingerprint density at radius 3 is 0.627 bits per heavy atom. The SMILES string of the molecule is C.C.II.I[I-]I.Ic1cc(-n2cccn2)nc(-n2cccn2)c1.Ic1cc(-n2cccn2)nc(-n2cccn2)c1.Ic1cc(-n2cccn2)nc(-n2cccn2)c1.[Fe]. The second-order valence-electron chi connectivity index (χ2n) is 10.3. The molecule has 0 bridgehead atoms. The number of aromatic nitrogens is 15. The number of hydrogen-bond acceptors (Lipinski definition) is 9. The Morgan fingerprint density at radius 1 is 0.356 bits per heavy atom. The Kier molecular flexibility index (Phi) is 27.0. The third kappa shape index (κ3) is 16.9. The van der Waals surface area contributed by atoms with E-state index in [0.717, 1.165) is 45.6 Å². The first-order chi connectivity index (χ1) is 27.4. The fourth-order valence-corrected chi connectivity index (χ4v) is 6.21. The van der Waals surface area contributed by atoms with Crippen LogP contribution in [0.15, 0.2) is 147 Å². The van der Waals surface area contributed by atoms with Crippen LogP contribution in [-0.4, -0.2) is 73.6 Å². The van der Waals surface area contributed by atoms with E-state index in [1.165, 1.54) is 0 Å². The molecule has 0 unspecified atom stereocenters. The van der Waals surface area contributed by atoms with E-state index < -0.39 is 0 Å². The molecule has 0 fully saturated rings. The second-order valence-corrected chi connectivity index (χ2v) is 30.2. The average molecular weight is 1730 g/mol. The van der Waals surface area contributed by atoms with Crippen molar-refractivity contribution in [3.63, 3.8) is 0 Å². The van der Waals surface area contributed by atoms with Crippen molar-refractivity contribution in [1.82, 2.24) is 73.6 Å². The molecule has 59 heavy (non-hydrogen) atoms. The molecule has 15 nitrogen and oxygen atoms in total. The second kappa shape index (κ2) is 29.4. The molecule has 0 aliphatic heterocycles. The molecule has 312 valence electrons. The van der Waals surface area contributed by atoms with Gasteiger partial charge in [0.2, 0.25) is 0 Å². The fraction of sp³-hybridized carbons (Fsp3) is 0.0571. The number of halogens is 8. The number of hydrogen-bond donors (Lipinski definition) is 0. The van der Waals surface area contributed by atoms with Gasteiger partial charge in [-0.1, -0.05) is 14.9 Å². The first kappa shape index (κ1) is 54.2. The zero-order valence-electron chi connectivity index (χ0n) is 28.4. The maximum atomic E-state index is 4.51. The van der Waals surface area contributed by atoms with Gasteiger partial charge in [0.05, 0.1) is 0 Å². The third-order valence-corrected chi connectivity index (χ3v) is 8.59. The molecule has 0 saturated heterocycles. The van der Waals surface area contributed by atoms with Gasteiger partial charge in [0.15, 0.2) is 34.9 Å². The third-order valence-electron chi connectivity index (χ3n) is 6.72. The van der Waals surface area contributed by atoms with Crippen LogP contribution >= 0.6 is 142 Å². The summed E-state index contributed by atoms with van der Waals surface area (Å²) in [6.45, 7) is 0. The molecule has 0 radical (unpaired) electrons. The summed E-state index contributed by atoms with van der Waals surface area (Å²) < 4.78 is 13.7. The summed E-state index contributed by atoms with van der Waals surface area (Å²) in [5.41, 5.74) is 0. The minimum absolute atomic E-state index is 0. The van der Waals surface area contributed by atoms with Gasteiger partial charge in [-0.3, -0.25) is 0 Å². The molecule has 24 heteroatoms. The van der Waals surface area contributed by atoms with Crippen molar-refractivity contribution in [3.8, 4) is 34.9 Å². The summed E-state index contributed by atoms with van der Waals surface area (Å²) in [6, 6.07) is 23.1. The van der Waals surface area contributed by atoms with E-state index in [4.69, 9.17) is 0 Å². The predicted octanol–water partition coefficient (Wildman–Crippen LogP) is 7.99. The fourth-order valence-electron chi connectivity index (χ4n) is 4.54. The quantitative estimate of drug-likeness (QED) is 0.120. The summed E-state index contributed by atoms with van der Waals surface area (Å²) >= 11 is 16.3. The molecule has 9 heterocycles. The van der Waals surface area contributed by atoms with Gasteiger partial charge in [-0.2, -0.15) is 30.6 Å². The standard InChI is InChI=1S/3C11H8IN5.2CH4.Fe.I3.I2/c3*12-9-7-10(16-5-1-3-13-16)15-11(8-9)17-6-2-4-14-17;;;;1-3-2;1-2/h3*1-8H;2*1H4;;;/q;;;;;;-1;. The first-order valence-corrected chi connectivity index (χ1v) is 37.5. The van der Waals surface area contributed by atoms with Crippen LogP contribution in [0.4, 0.5) is 0 Å². The first-order valence-electron chi connectivity index (χ1n) is 15.4. The Hall–Kier alpha value is -0.931. The normalized spacial score (nSPS) is 9.68. The van der Waals surface area contributed by atoms with Crippen LogP contribution in [0.5, 0.6) is 0 Å². The van der Waals surface area contributed by atoms with Crippen LogP contribution in [0.3, 0.4) is 0 Å². The molecule has 0 spiro atoms. The van der Waals surface area contributed by atoms with Gasteiger partial charge in [0.1, 0.15) is 0 Å². The molecule has 0 N–H and O–H groups in total. The van der Waals surface area contributed by atoms with E-state index in [-0.39, 0.29) is 31.9 Å². The molecule has 0 atom stereocenters. The smallest absolute Gasteiger partial charge is 0.156 e. The minimum Gasteiger partial charge on any atom is -0.223 e. The number of rotatable bonds is 6. The van der Waals surface area contributed by atoms with Gasteiger partial charge in [0, 0.05) is 139 Å². The van der Waals surface area contributed by atoms with Crippen LogP contribution in [0, 0.1) is 10.7 Å². The van der Waals surface area contributed by atoms with Gasteiger partial charge in [-0.05, 0) is 141 Å². The number of nitrogens with zero attached hydrogens (tertiary/aromatic N) is 15. The van der Waals surface area contributed by atoms with Gasteiger partial charge in [-0.15, -0.1) is 0 Å². The summed E-state index contributed by atoms with van der Waals surface area (Å²) in [5, 5.41) is 25.0. The topological polar surface area (TPSA) is 146 Å². The van der Waals surface area contributed by atoms with E-state index >= 15 is 0 Å². The Bertz CT molecular complexity index is 2000. The van der Waals surface area contributed by atoms with E-state index in [2.05, 4.69) is 188 Å². The molecule has 0 amide bonds. The molecule has 0 aliphatic carbocycles. The summed E-state index contributed by atoms with van der Waals surface area (Å²) in [5.74, 6) is 4.71. The largest absolute Gasteiger partial charge is 0.223 e. The van der Waals surface area contributed by atoms with Crippen LogP contribution < -0.4 is 13.3 Å². The van der Waals surface area contributed by atoms with Crippen molar-refractivity contribution >= 4 is 142 Å². The van der Waals surface area contributed by atoms with Gasteiger partial charge in [-0.25, -0.2) is 43.0 Å². The summed E-state index contributed by atoms with van der Waals surface area (Å²) in [6.07, 6.45) is 21.6. The van der Waals surface area contributed by atoms with Crippen LogP contribution in [0.25, 0.3) is 34.9 Å². The zero-order chi connectivity index (χ0) is 39.7. The van der Waals surface area contributed by atoms with E-state index in [9.17, 15) is 0 Å². The van der Waals surface area contributed by atoms with Crippen LogP contribution in [0.1, 0.15) is 14.9 Å². The van der Waals surface area contributed by atoms with Crippen LogP contribution in [0.2, 0.25) is 0 Å². The average Bonchev–Trinajstić information content (AvgIpc) is 4.08. The van der Waals surface area contributed by atoms with Crippen molar-refractivity contribution < 1.29 is 30.3 Å². The number of pyridine rings is 3. The molecule has 0 aliphatic rings. The van der Waals surface area contributed by atoms with Crippen molar-refractivity contribution in [1.29, 1.82) is 0 Å². The predicted molar refractivity (Wildman–Crippen MR) is 283 cm³/mol. The van der Waals surface area contributed by atoms with Crippen LogP contribution in [-0.2, 0) is 17.1 Å². The van der Waals surface area contributed by atoms with E-state index in [1.54, 1.807) is 65.3 Å². The van der Waals surface area contributed by atoms with E-state index in [0.29, 0.717) is 13.3 Å². The molecule has 9 rings (SSSR count). The Balaban J connectivity index is 0.000000282. The molecular formula is C35H32FeI8N15-. The molecule has 9 aromatic rings. The summed E-state index contributed by atoms with van der Waals surface area (Å²) in [4.78, 5) is 13.5. The maximum Gasteiger partial charge on any atom is 0.156 e. The minimum atomic E-state index is 0.